The van der Waals surface area contributed by atoms with Crippen molar-refractivity contribution in [2.24, 2.45) is 10.7 Å². The number of thioether (sulfide) groups is 1. The highest BCUT2D eigenvalue weighted by atomic mass is 35.5. The Labute approximate surface area is 172 Å². The second-order valence-corrected chi connectivity index (χ2v) is 7.67. The molecule has 1 aliphatic rings. The van der Waals surface area contributed by atoms with Gasteiger partial charge in [0.05, 0.1) is 16.3 Å². The third-order valence-corrected chi connectivity index (χ3v) is 5.27. The second-order valence-electron chi connectivity index (χ2n) is 6.15. The van der Waals surface area contributed by atoms with E-state index in [1.54, 1.807) is 0 Å². The smallest absolute Gasteiger partial charge is 0.379 e. The van der Waals surface area contributed by atoms with E-state index in [0.29, 0.717) is 24.4 Å². The number of amidine groups is 1. The Morgan fingerprint density at radius 3 is 2.72 bits per heavy atom. The van der Waals surface area contributed by atoms with Gasteiger partial charge in [-0.05, 0) is 24.6 Å². The second kappa shape index (κ2) is 8.15. The Hall–Kier alpha value is -2.40. The van der Waals surface area contributed by atoms with Crippen LogP contribution in [0, 0.1) is 0 Å². The number of alkyl halides is 4. The fourth-order valence-electron chi connectivity index (χ4n) is 2.69. The van der Waals surface area contributed by atoms with Gasteiger partial charge in [0.25, 0.3) is 5.91 Å². The molecule has 2 aromatic rings. The lowest BCUT2D eigenvalue weighted by Gasteiger charge is -2.30. The number of rotatable bonds is 4. The zero-order chi connectivity index (χ0) is 21.2. The van der Waals surface area contributed by atoms with Crippen LogP contribution in [0.25, 0.3) is 0 Å². The van der Waals surface area contributed by atoms with Gasteiger partial charge in [0, 0.05) is 23.8 Å². The molecule has 0 bridgehead atoms. The van der Waals surface area contributed by atoms with Gasteiger partial charge in [-0.15, -0.1) is 0 Å². The molecular weight excluding hydrogens is 434 g/mol. The third-order valence-electron chi connectivity index (χ3n) is 4.19. The average Bonchev–Trinajstić information content (AvgIpc) is 2.67. The first-order valence-electron chi connectivity index (χ1n) is 8.19. The van der Waals surface area contributed by atoms with Gasteiger partial charge in [-0.2, -0.15) is 13.2 Å². The first-order valence-corrected chi connectivity index (χ1v) is 9.56. The first kappa shape index (κ1) is 21.3. The molecule has 3 heterocycles. The van der Waals surface area contributed by atoms with Crippen LogP contribution in [0.1, 0.15) is 28.2 Å². The molecule has 3 N–H and O–H groups in total. The van der Waals surface area contributed by atoms with Crippen molar-refractivity contribution in [1.82, 2.24) is 9.97 Å². The highest BCUT2D eigenvalue weighted by Crippen LogP contribution is 2.36. The fraction of sp³-hybridized carbons (Fsp3) is 0.294. The van der Waals surface area contributed by atoms with Crippen LogP contribution in [-0.4, -0.2) is 33.5 Å². The Bertz CT molecular complexity index is 971. The summed E-state index contributed by atoms with van der Waals surface area (Å²) in [5.41, 5.74) is 3.53. The minimum absolute atomic E-state index is 0.234. The van der Waals surface area contributed by atoms with Crippen molar-refractivity contribution in [3.63, 3.8) is 0 Å². The summed E-state index contributed by atoms with van der Waals surface area (Å²) in [7, 11) is 0. The van der Waals surface area contributed by atoms with Crippen molar-refractivity contribution in [1.29, 1.82) is 0 Å². The highest BCUT2D eigenvalue weighted by Gasteiger charge is 2.37. The lowest BCUT2D eigenvalue weighted by Crippen LogP contribution is -2.34. The molecule has 0 spiro atoms. The summed E-state index contributed by atoms with van der Waals surface area (Å²) in [5, 5.41) is 2.27. The van der Waals surface area contributed by atoms with Crippen molar-refractivity contribution in [2.75, 3.05) is 17.7 Å². The Balaban J connectivity index is 1.86. The number of nitrogens with zero attached hydrogens (tertiary/aromatic N) is 3. The summed E-state index contributed by atoms with van der Waals surface area (Å²) in [6.45, 7) is -0.828. The number of anilines is 1. The summed E-state index contributed by atoms with van der Waals surface area (Å²) in [6, 6.07) is 3.49. The molecule has 3 rings (SSSR count). The molecule has 0 aromatic carbocycles. The maximum atomic E-state index is 13.8. The molecule has 6 nitrogen and oxygen atoms in total. The van der Waals surface area contributed by atoms with E-state index in [1.165, 1.54) is 30.1 Å². The number of aliphatic imine (C=N–C) groups is 1. The van der Waals surface area contributed by atoms with Gasteiger partial charge in [0.15, 0.2) is 5.17 Å². The van der Waals surface area contributed by atoms with Gasteiger partial charge in [0.1, 0.15) is 17.9 Å². The van der Waals surface area contributed by atoms with Gasteiger partial charge in [-0.25, -0.2) is 14.4 Å². The SMILES string of the molecule is NC1=N[C@](CF)(c2cc(NC(=O)c3ncc(C(F)(F)F)cc3Cl)ccn2)CCS1. The molecule has 0 radical (unpaired) electrons. The number of hydrogen-bond donors (Lipinski definition) is 2. The van der Waals surface area contributed by atoms with Gasteiger partial charge in [-0.1, -0.05) is 23.4 Å². The average molecular weight is 448 g/mol. The van der Waals surface area contributed by atoms with Gasteiger partial charge < -0.3 is 11.1 Å². The number of nitrogens with two attached hydrogens (primary N) is 1. The summed E-state index contributed by atoms with van der Waals surface area (Å²) in [5.74, 6) is -0.264. The van der Waals surface area contributed by atoms with Crippen LogP contribution in [-0.2, 0) is 11.7 Å². The van der Waals surface area contributed by atoms with Gasteiger partial charge in [0.2, 0.25) is 0 Å². The Kier molecular flexibility index (Phi) is 5.99. The number of aromatic nitrogens is 2. The van der Waals surface area contributed by atoms with E-state index >= 15 is 0 Å². The predicted molar refractivity (Wildman–Crippen MR) is 103 cm³/mol. The minimum atomic E-state index is -4.63. The van der Waals surface area contributed by atoms with E-state index in [-0.39, 0.29) is 22.2 Å². The maximum absolute atomic E-state index is 13.8. The number of carbonyl (C=O) groups is 1. The summed E-state index contributed by atoms with van der Waals surface area (Å²) in [4.78, 5) is 24.3. The topological polar surface area (TPSA) is 93.3 Å². The van der Waals surface area contributed by atoms with E-state index in [0.717, 1.165) is 0 Å². The Morgan fingerprint density at radius 1 is 1.34 bits per heavy atom. The molecule has 1 amide bonds. The molecule has 2 aromatic heterocycles. The third kappa shape index (κ3) is 4.61. The van der Waals surface area contributed by atoms with Crippen LogP contribution >= 0.6 is 23.4 Å². The number of hydrogen-bond acceptors (Lipinski definition) is 6. The quantitative estimate of drug-likeness (QED) is 0.690. The van der Waals surface area contributed by atoms with Crippen LogP contribution in [0.3, 0.4) is 0 Å². The fourth-order valence-corrected chi connectivity index (χ4v) is 3.83. The van der Waals surface area contributed by atoms with E-state index < -0.39 is 34.9 Å². The standard InChI is InChI=1S/C17H14ClF4N5OS/c18-11-5-9(17(20,21)22)7-25-13(11)14(28)26-10-1-3-24-12(6-10)16(8-19)2-4-29-15(23)27-16/h1,3,5-7H,2,4,8H2,(H2,23,27)(H,24,26,28)/t16-/m1/s1. The number of nitrogens with one attached hydrogen (secondary N) is 1. The zero-order valence-electron chi connectivity index (χ0n) is 14.6. The summed E-state index contributed by atoms with van der Waals surface area (Å²) in [6.07, 6.45) is -2.38. The zero-order valence-corrected chi connectivity index (χ0v) is 16.2. The van der Waals surface area contributed by atoms with Gasteiger partial charge >= 0.3 is 6.18 Å². The number of pyridine rings is 2. The van der Waals surface area contributed by atoms with Crippen LogP contribution in [0.2, 0.25) is 5.02 Å². The Morgan fingerprint density at radius 2 is 2.10 bits per heavy atom. The van der Waals surface area contributed by atoms with Gasteiger partial charge in [-0.3, -0.25) is 9.78 Å². The lowest BCUT2D eigenvalue weighted by atomic mass is 9.93. The normalized spacial score (nSPS) is 19.6. The predicted octanol–water partition coefficient (Wildman–Crippen LogP) is 4.02. The summed E-state index contributed by atoms with van der Waals surface area (Å²) >= 11 is 7.10. The molecule has 1 atom stereocenters. The van der Waals surface area contributed by atoms with Crippen molar-refractivity contribution in [3.8, 4) is 0 Å². The molecule has 154 valence electrons. The van der Waals surface area contributed by atoms with Crippen LogP contribution in [0.15, 0.2) is 35.6 Å². The summed E-state index contributed by atoms with van der Waals surface area (Å²) < 4.78 is 51.9. The van der Waals surface area contributed by atoms with E-state index in [4.69, 9.17) is 17.3 Å². The molecule has 0 aliphatic carbocycles. The molecule has 0 fully saturated rings. The molecule has 1 aliphatic heterocycles. The van der Waals surface area contributed by atoms with Crippen LogP contribution in [0.5, 0.6) is 0 Å². The van der Waals surface area contributed by atoms with Crippen LogP contribution < -0.4 is 11.1 Å². The first-order chi connectivity index (χ1) is 13.6. The van der Waals surface area contributed by atoms with Crippen LogP contribution in [0.4, 0.5) is 23.2 Å². The van der Waals surface area contributed by atoms with E-state index in [2.05, 4.69) is 20.3 Å². The molecular formula is C17H14ClF4N5OS. The maximum Gasteiger partial charge on any atom is 0.417 e. The van der Waals surface area contributed by atoms with E-state index in [9.17, 15) is 22.4 Å². The minimum Gasteiger partial charge on any atom is -0.379 e. The number of carbonyl (C=O) groups excluding carboxylic acids is 1. The van der Waals surface area contributed by atoms with E-state index in [1.807, 2.05) is 0 Å². The molecule has 12 heteroatoms. The number of halogens is 5. The monoisotopic (exact) mass is 447 g/mol. The molecule has 0 saturated heterocycles. The van der Waals surface area contributed by atoms with Crippen molar-refractivity contribution >= 4 is 40.1 Å². The lowest BCUT2D eigenvalue weighted by molar-refractivity contribution is -0.137. The molecule has 0 unspecified atom stereocenters. The van der Waals surface area contributed by atoms with Crippen molar-refractivity contribution in [2.45, 2.75) is 18.1 Å². The van der Waals surface area contributed by atoms with Crippen molar-refractivity contribution in [3.05, 3.63) is 52.6 Å². The van der Waals surface area contributed by atoms with Crippen molar-refractivity contribution < 1.29 is 22.4 Å². The molecule has 29 heavy (non-hydrogen) atoms. The number of amides is 1. The largest absolute Gasteiger partial charge is 0.417 e. The highest BCUT2D eigenvalue weighted by molar-refractivity contribution is 8.13. The molecule has 0 saturated carbocycles.